The molecule has 40 heavy (non-hydrogen) atoms. The van der Waals surface area contributed by atoms with Gasteiger partial charge in [0.1, 0.15) is 23.5 Å². The SMILES string of the molecule is CC1(C)SCCSC[C@H](NC(=O)[C@@H](N)Cc2ccc(O)cc2)C(=O)NC(=Cc2ccccc2)C(=O)NC1C(N)=O. The number of aromatic hydroxyl groups is 1. The molecule has 0 aliphatic carbocycles. The van der Waals surface area contributed by atoms with Crippen LogP contribution in [0, 0.1) is 0 Å². The average molecular weight is 586 g/mol. The van der Waals surface area contributed by atoms with E-state index in [1.54, 1.807) is 36.4 Å². The second-order valence-electron chi connectivity index (χ2n) is 9.83. The summed E-state index contributed by atoms with van der Waals surface area (Å²) in [5, 5.41) is 17.5. The normalized spacial score (nSPS) is 22.0. The Morgan fingerprint density at radius 1 is 1.12 bits per heavy atom. The molecular formula is C28H35N5O5S2. The molecule has 1 fully saturated rings. The molecule has 12 heteroatoms. The molecule has 2 aromatic rings. The smallest absolute Gasteiger partial charge is 0.268 e. The molecule has 0 spiro atoms. The minimum absolute atomic E-state index is 0.0971. The molecule has 3 rings (SSSR count). The average Bonchev–Trinajstić information content (AvgIpc) is 2.91. The second kappa shape index (κ2) is 14.2. The first kappa shape index (κ1) is 31.1. The van der Waals surface area contributed by atoms with Crippen LogP contribution in [0.5, 0.6) is 5.75 Å². The van der Waals surface area contributed by atoms with Crippen molar-refractivity contribution >= 4 is 53.2 Å². The van der Waals surface area contributed by atoms with Crippen molar-refractivity contribution in [3.63, 3.8) is 0 Å². The van der Waals surface area contributed by atoms with Gasteiger partial charge in [-0.1, -0.05) is 42.5 Å². The number of amides is 4. The maximum atomic E-state index is 13.4. The van der Waals surface area contributed by atoms with Crippen LogP contribution in [-0.4, -0.2) is 68.9 Å². The highest BCUT2D eigenvalue weighted by Crippen LogP contribution is 2.29. The fourth-order valence-corrected chi connectivity index (χ4v) is 6.29. The summed E-state index contributed by atoms with van der Waals surface area (Å²) < 4.78 is -0.716. The Bertz CT molecular complexity index is 1240. The quantitative estimate of drug-likeness (QED) is 0.273. The minimum Gasteiger partial charge on any atom is -0.508 e. The van der Waals surface area contributed by atoms with Crippen LogP contribution in [0.15, 0.2) is 60.3 Å². The summed E-state index contributed by atoms with van der Waals surface area (Å²) >= 11 is 2.94. The monoisotopic (exact) mass is 585 g/mol. The molecule has 2 aromatic carbocycles. The Labute approximate surface area is 242 Å². The molecule has 1 unspecified atom stereocenters. The summed E-state index contributed by atoms with van der Waals surface area (Å²) in [6, 6.07) is 12.3. The van der Waals surface area contributed by atoms with Crippen LogP contribution in [0.25, 0.3) is 6.08 Å². The number of benzene rings is 2. The van der Waals surface area contributed by atoms with Crippen LogP contribution in [0.2, 0.25) is 0 Å². The van der Waals surface area contributed by atoms with Gasteiger partial charge in [0.2, 0.25) is 17.7 Å². The summed E-state index contributed by atoms with van der Waals surface area (Å²) in [6.45, 7) is 3.66. The fraction of sp³-hybridized carbons (Fsp3) is 0.357. The van der Waals surface area contributed by atoms with Gasteiger partial charge in [-0.2, -0.15) is 23.5 Å². The second-order valence-corrected chi connectivity index (χ2v) is 12.7. The zero-order valence-corrected chi connectivity index (χ0v) is 24.0. The summed E-state index contributed by atoms with van der Waals surface area (Å²) in [6.07, 6.45) is 1.70. The lowest BCUT2D eigenvalue weighted by Crippen LogP contribution is -2.57. The number of primary amides is 1. The van der Waals surface area contributed by atoms with E-state index >= 15 is 0 Å². The van der Waals surface area contributed by atoms with E-state index in [9.17, 15) is 24.3 Å². The highest BCUT2D eigenvalue weighted by Gasteiger charge is 2.37. The number of hydrogen-bond acceptors (Lipinski definition) is 8. The predicted octanol–water partition coefficient (Wildman–Crippen LogP) is 1.13. The molecule has 0 aromatic heterocycles. The maximum Gasteiger partial charge on any atom is 0.268 e. The van der Waals surface area contributed by atoms with Crippen LogP contribution < -0.4 is 27.4 Å². The number of carbonyl (C=O) groups excluding carboxylic acids is 4. The number of hydrogen-bond donors (Lipinski definition) is 6. The number of nitrogens with two attached hydrogens (primary N) is 2. The Morgan fingerprint density at radius 2 is 1.80 bits per heavy atom. The van der Waals surface area contributed by atoms with Crippen molar-refractivity contribution in [2.75, 3.05) is 17.3 Å². The van der Waals surface area contributed by atoms with E-state index in [1.165, 1.54) is 41.7 Å². The molecular weight excluding hydrogens is 550 g/mol. The maximum absolute atomic E-state index is 13.4. The fourth-order valence-electron chi connectivity index (χ4n) is 3.98. The number of phenolic OH excluding ortho intramolecular Hbond substituents is 1. The summed E-state index contributed by atoms with van der Waals surface area (Å²) in [5.41, 5.74) is 13.1. The van der Waals surface area contributed by atoms with E-state index in [4.69, 9.17) is 11.5 Å². The van der Waals surface area contributed by atoms with Crippen molar-refractivity contribution in [2.24, 2.45) is 11.5 Å². The molecule has 1 heterocycles. The molecule has 1 saturated heterocycles. The van der Waals surface area contributed by atoms with Crippen molar-refractivity contribution in [1.82, 2.24) is 16.0 Å². The van der Waals surface area contributed by atoms with Gasteiger partial charge < -0.3 is 32.5 Å². The lowest BCUT2D eigenvalue weighted by Gasteiger charge is -2.32. The molecule has 1 aliphatic rings. The third-order valence-corrected chi connectivity index (χ3v) is 8.92. The lowest BCUT2D eigenvalue weighted by atomic mass is 10.0. The Hall–Kier alpha value is -3.48. The van der Waals surface area contributed by atoms with E-state index in [0.29, 0.717) is 17.1 Å². The first-order valence-corrected chi connectivity index (χ1v) is 14.8. The highest BCUT2D eigenvalue weighted by atomic mass is 32.2. The van der Waals surface area contributed by atoms with Gasteiger partial charge in [0.05, 0.1) is 6.04 Å². The van der Waals surface area contributed by atoms with Gasteiger partial charge >= 0.3 is 0 Å². The van der Waals surface area contributed by atoms with E-state index < -0.39 is 46.5 Å². The van der Waals surface area contributed by atoms with Crippen molar-refractivity contribution in [2.45, 2.75) is 43.1 Å². The zero-order chi connectivity index (χ0) is 29.3. The van der Waals surface area contributed by atoms with E-state index in [-0.39, 0.29) is 23.6 Å². The third-order valence-electron chi connectivity index (χ3n) is 6.22. The summed E-state index contributed by atoms with van der Waals surface area (Å²) in [5.74, 6) is -0.915. The molecule has 0 saturated carbocycles. The van der Waals surface area contributed by atoms with Gasteiger partial charge in [-0.3, -0.25) is 19.2 Å². The van der Waals surface area contributed by atoms with Gasteiger partial charge in [-0.15, -0.1) is 0 Å². The van der Waals surface area contributed by atoms with Gasteiger partial charge in [-0.05, 0) is 49.6 Å². The number of carbonyl (C=O) groups is 4. The molecule has 4 amide bonds. The number of phenols is 1. The lowest BCUT2D eigenvalue weighted by molar-refractivity contribution is -0.129. The zero-order valence-electron chi connectivity index (χ0n) is 22.4. The third kappa shape index (κ3) is 9.04. The number of thioether (sulfide) groups is 2. The van der Waals surface area contributed by atoms with Crippen LogP contribution in [0.4, 0.5) is 0 Å². The van der Waals surface area contributed by atoms with Crippen LogP contribution in [0.1, 0.15) is 25.0 Å². The summed E-state index contributed by atoms with van der Waals surface area (Å²) in [4.78, 5) is 52.1. The Morgan fingerprint density at radius 3 is 2.45 bits per heavy atom. The Balaban J connectivity index is 1.86. The first-order chi connectivity index (χ1) is 19.0. The van der Waals surface area contributed by atoms with Crippen molar-refractivity contribution in [3.05, 3.63) is 71.4 Å². The molecule has 0 bridgehead atoms. The van der Waals surface area contributed by atoms with E-state index in [0.717, 1.165) is 5.56 Å². The molecule has 1 aliphatic heterocycles. The van der Waals surface area contributed by atoms with Gasteiger partial charge in [0.25, 0.3) is 5.91 Å². The minimum atomic E-state index is -1.000. The molecule has 10 nitrogen and oxygen atoms in total. The number of rotatable bonds is 6. The van der Waals surface area contributed by atoms with Gasteiger partial charge in [0, 0.05) is 22.0 Å². The van der Waals surface area contributed by atoms with Crippen molar-refractivity contribution in [3.8, 4) is 5.75 Å². The molecule has 0 radical (unpaired) electrons. The largest absolute Gasteiger partial charge is 0.508 e. The van der Waals surface area contributed by atoms with Crippen molar-refractivity contribution in [1.29, 1.82) is 0 Å². The van der Waals surface area contributed by atoms with Gasteiger partial charge in [0.15, 0.2) is 0 Å². The molecule has 8 N–H and O–H groups in total. The summed E-state index contributed by atoms with van der Waals surface area (Å²) in [7, 11) is 0. The standard InChI is InChI=1S/C28H35N5O5S2/c1-28(2)23(24(30)35)33-26(37)21(15-17-6-4-3-5-7-17)31-27(38)22(16-39-12-13-40-28)32-25(36)20(29)14-18-8-10-19(34)11-9-18/h3-11,15,20,22-23,34H,12-14,16,29H2,1-2H3,(H2,30,35)(H,31,38)(H,32,36)(H,33,37)/t20-,22-,23?/m0/s1. The van der Waals surface area contributed by atoms with Crippen LogP contribution >= 0.6 is 23.5 Å². The van der Waals surface area contributed by atoms with Gasteiger partial charge in [-0.25, -0.2) is 0 Å². The van der Waals surface area contributed by atoms with Crippen LogP contribution in [-0.2, 0) is 25.6 Å². The number of nitrogens with one attached hydrogen (secondary N) is 3. The molecule has 214 valence electrons. The topological polar surface area (TPSA) is 177 Å². The molecule has 3 atom stereocenters. The highest BCUT2D eigenvalue weighted by molar-refractivity contribution is 8.03. The van der Waals surface area contributed by atoms with Crippen LogP contribution in [0.3, 0.4) is 0 Å². The first-order valence-electron chi connectivity index (χ1n) is 12.7. The predicted molar refractivity (Wildman–Crippen MR) is 159 cm³/mol. The van der Waals surface area contributed by atoms with E-state index in [1.807, 2.05) is 19.9 Å². The Kier molecular flexibility index (Phi) is 11.1. The van der Waals surface area contributed by atoms with Crippen molar-refractivity contribution < 1.29 is 24.3 Å². The van der Waals surface area contributed by atoms with E-state index in [2.05, 4.69) is 16.0 Å².